The Bertz CT molecular complexity index is 842. The van der Waals surface area contributed by atoms with E-state index >= 15 is 0 Å². The highest BCUT2D eigenvalue weighted by atomic mass is 14.9. The second kappa shape index (κ2) is 7.51. The molecule has 0 fully saturated rings. The van der Waals surface area contributed by atoms with Gasteiger partial charge in [-0.2, -0.15) is 0 Å². The van der Waals surface area contributed by atoms with Crippen molar-refractivity contribution in [3.63, 3.8) is 0 Å². The molecule has 114 valence electrons. The molecule has 0 aliphatic rings. The first-order chi connectivity index (χ1) is 11.3. The van der Waals surface area contributed by atoms with E-state index in [1.165, 1.54) is 24.8 Å². The number of aryl methyl sites for hydroxylation is 1. The zero-order valence-electron chi connectivity index (χ0n) is 13.3. The van der Waals surface area contributed by atoms with E-state index in [2.05, 4.69) is 58.0 Å². The Morgan fingerprint density at radius 1 is 0.957 bits per heavy atom. The van der Waals surface area contributed by atoms with Crippen LogP contribution >= 0.6 is 0 Å². The number of rotatable bonds is 4. The zero-order valence-corrected chi connectivity index (χ0v) is 13.3. The van der Waals surface area contributed by atoms with Crippen LogP contribution in [-0.4, -0.2) is 15.0 Å². The minimum atomic E-state index is 0.630. The molecule has 0 spiro atoms. The molecule has 0 aliphatic carbocycles. The number of benzene rings is 1. The van der Waals surface area contributed by atoms with Gasteiger partial charge < -0.3 is 0 Å². The molecular weight excluding hydrogens is 282 g/mol. The number of aromatic nitrogens is 3. The molecule has 0 bridgehead atoms. The summed E-state index contributed by atoms with van der Waals surface area (Å²) in [5, 5.41) is 0. The van der Waals surface area contributed by atoms with Crippen LogP contribution in [0.1, 0.15) is 43.0 Å². The van der Waals surface area contributed by atoms with Crippen molar-refractivity contribution < 1.29 is 0 Å². The summed E-state index contributed by atoms with van der Waals surface area (Å²) in [6, 6.07) is 12.2. The third kappa shape index (κ3) is 4.14. The zero-order chi connectivity index (χ0) is 15.9. The number of hydrogen-bond acceptors (Lipinski definition) is 3. The minimum absolute atomic E-state index is 0.630. The highest BCUT2D eigenvalue weighted by Crippen LogP contribution is 2.09. The SMILES string of the molecule is CCCCCc1ccc(C#Cc2cnc3cccnc3n2)cc1. The van der Waals surface area contributed by atoms with Gasteiger partial charge >= 0.3 is 0 Å². The fourth-order valence-electron chi connectivity index (χ4n) is 2.38. The van der Waals surface area contributed by atoms with Crippen LogP contribution in [0.15, 0.2) is 48.8 Å². The van der Waals surface area contributed by atoms with Crippen molar-refractivity contribution in [1.29, 1.82) is 0 Å². The molecule has 3 heteroatoms. The van der Waals surface area contributed by atoms with Crippen LogP contribution in [0.2, 0.25) is 0 Å². The summed E-state index contributed by atoms with van der Waals surface area (Å²) in [5.74, 6) is 6.20. The van der Waals surface area contributed by atoms with Gasteiger partial charge in [0, 0.05) is 11.8 Å². The first-order valence-electron chi connectivity index (χ1n) is 8.04. The van der Waals surface area contributed by atoms with Crippen LogP contribution < -0.4 is 0 Å². The van der Waals surface area contributed by atoms with Gasteiger partial charge in [0.05, 0.1) is 6.20 Å². The van der Waals surface area contributed by atoms with Crippen molar-refractivity contribution in [3.8, 4) is 11.8 Å². The van der Waals surface area contributed by atoms with Crippen LogP contribution in [0.3, 0.4) is 0 Å². The maximum absolute atomic E-state index is 4.41. The molecule has 2 aromatic heterocycles. The van der Waals surface area contributed by atoms with Crippen LogP contribution in [0.25, 0.3) is 11.2 Å². The molecule has 3 aromatic rings. The van der Waals surface area contributed by atoms with Gasteiger partial charge in [-0.3, -0.25) is 0 Å². The molecule has 3 rings (SSSR count). The summed E-state index contributed by atoms with van der Waals surface area (Å²) < 4.78 is 0. The molecule has 0 N–H and O–H groups in total. The van der Waals surface area contributed by atoms with Gasteiger partial charge in [-0.05, 0) is 48.6 Å². The van der Waals surface area contributed by atoms with Gasteiger partial charge in [-0.1, -0.05) is 37.8 Å². The molecule has 0 unspecified atom stereocenters. The Balaban J connectivity index is 1.72. The van der Waals surface area contributed by atoms with Crippen molar-refractivity contribution in [2.24, 2.45) is 0 Å². The quantitative estimate of drug-likeness (QED) is 0.536. The largest absolute Gasteiger partial charge is 0.250 e. The first kappa shape index (κ1) is 15.2. The van der Waals surface area contributed by atoms with E-state index in [-0.39, 0.29) is 0 Å². The second-order valence-corrected chi connectivity index (χ2v) is 5.51. The minimum Gasteiger partial charge on any atom is -0.250 e. The molecule has 1 aromatic carbocycles. The maximum Gasteiger partial charge on any atom is 0.179 e. The topological polar surface area (TPSA) is 38.7 Å². The lowest BCUT2D eigenvalue weighted by molar-refractivity contribution is 0.717. The molecule has 0 amide bonds. The van der Waals surface area contributed by atoms with E-state index in [0.29, 0.717) is 11.3 Å². The van der Waals surface area contributed by atoms with Crippen molar-refractivity contribution in [2.75, 3.05) is 0 Å². The average molecular weight is 301 g/mol. The summed E-state index contributed by atoms with van der Waals surface area (Å²) in [6.07, 6.45) is 8.34. The summed E-state index contributed by atoms with van der Waals surface area (Å²) in [7, 11) is 0. The van der Waals surface area contributed by atoms with E-state index in [0.717, 1.165) is 17.5 Å². The van der Waals surface area contributed by atoms with E-state index in [4.69, 9.17) is 0 Å². The normalized spacial score (nSPS) is 10.3. The van der Waals surface area contributed by atoms with Gasteiger partial charge in [0.25, 0.3) is 0 Å². The smallest absolute Gasteiger partial charge is 0.179 e. The lowest BCUT2D eigenvalue weighted by Crippen LogP contribution is -1.90. The van der Waals surface area contributed by atoms with Gasteiger partial charge in [0.1, 0.15) is 11.2 Å². The Morgan fingerprint density at radius 2 is 1.83 bits per heavy atom. The molecule has 0 radical (unpaired) electrons. The van der Waals surface area contributed by atoms with Crippen LogP contribution in [0, 0.1) is 11.8 Å². The van der Waals surface area contributed by atoms with Crippen LogP contribution in [-0.2, 0) is 6.42 Å². The lowest BCUT2D eigenvalue weighted by atomic mass is 10.1. The fourth-order valence-corrected chi connectivity index (χ4v) is 2.38. The lowest BCUT2D eigenvalue weighted by Gasteiger charge is -2.00. The van der Waals surface area contributed by atoms with E-state index in [1.807, 2.05) is 12.1 Å². The summed E-state index contributed by atoms with van der Waals surface area (Å²) in [5.41, 5.74) is 4.43. The monoisotopic (exact) mass is 301 g/mol. The van der Waals surface area contributed by atoms with E-state index in [9.17, 15) is 0 Å². The predicted octanol–water partition coefficient (Wildman–Crippen LogP) is 4.16. The van der Waals surface area contributed by atoms with Crippen LogP contribution in [0.5, 0.6) is 0 Å². The summed E-state index contributed by atoms with van der Waals surface area (Å²) in [6.45, 7) is 2.23. The number of unbranched alkanes of at least 4 members (excludes halogenated alkanes) is 2. The molecule has 0 atom stereocenters. The second-order valence-electron chi connectivity index (χ2n) is 5.51. The Labute approximate surface area is 136 Å². The van der Waals surface area contributed by atoms with Crippen molar-refractivity contribution in [2.45, 2.75) is 32.6 Å². The molecular formula is C20H19N3. The number of nitrogens with zero attached hydrogens (tertiary/aromatic N) is 3. The molecule has 3 nitrogen and oxygen atoms in total. The predicted molar refractivity (Wildman–Crippen MR) is 93.0 cm³/mol. The third-order valence-corrected chi connectivity index (χ3v) is 3.68. The average Bonchev–Trinajstić information content (AvgIpc) is 2.61. The van der Waals surface area contributed by atoms with Gasteiger partial charge in [0.15, 0.2) is 5.65 Å². The molecule has 23 heavy (non-hydrogen) atoms. The van der Waals surface area contributed by atoms with Gasteiger partial charge in [-0.25, -0.2) is 15.0 Å². The number of fused-ring (bicyclic) bond motifs is 1. The Kier molecular flexibility index (Phi) is 4.95. The standard InChI is InChI=1S/C20H19N3/c1-2-3-4-6-16-8-10-17(11-9-16)12-13-18-15-22-19-7-5-14-21-20(19)23-18/h5,7-11,14-15H,2-4,6H2,1H3. The van der Waals surface area contributed by atoms with E-state index < -0.39 is 0 Å². The Hall–Kier alpha value is -2.73. The van der Waals surface area contributed by atoms with Crippen LogP contribution in [0.4, 0.5) is 0 Å². The van der Waals surface area contributed by atoms with Gasteiger partial charge in [0.2, 0.25) is 0 Å². The molecule has 0 saturated heterocycles. The maximum atomic E-state index is 4.41. The van der Waals surface area contributed by atoms with Gasteiger partial charge in [-0.15, -0.1) is 0 Å². The summed E-state index contributed by atoms with van der Waals surface area (Å²) >= 11 is 0. The Morgan fingerprint density at radius 3 is 2.65 bits per heavy atom. The molecule has 0 aliphatic heterocycles. The first-order valence-corrected chi connectivity index (χ1v) is 8.04. The summed E-state index contributed by atoms with van der Waals surface area (Å²) in [4.78, 5) is 12.9. The van der Waals surface area contributed by atoms with Crippen molar-refractivity contribution >= 4 is 11.2 Å². The highest BCUT2D eigenvalue weighted by Gasteiger charge is 1.97. The number of hydrogen-bond donors (Lipinski definition) is 0. The molecule has 0 saturated carbocycles. The molecule has 2 heterocycles. The third-order valence-electron chi connectivity index (χ3n) is 3.68. The highest BCUT2D eigenvalue weighted by molar-refractivity contribution is 5.69. The van der Waals surface area contributed by atoms with Crippen molar-refractivity contribution in [3.05, 3.63) is 65.6 Å². The number of pyridine rings is 1. The fraction of sp³-hybridized carbons (Fsp3) is 0.250. The van der Waals surface area contributed by atoms with E-state index in [1.54, 1.807) is 12.4 Å². The van der Waals surface area contributed by atoms with Crippen molar-refractivity contribution in [1.82, 2.24) is 15.0 Å².